The summed E-state index contributed by atoms with van der Waals surface area (Å²) in [5.74, 6) is 0.953. The van der Waals surface area contributed by atoms with Gasteiger partial charge in [0.1, 0.15) is 11.8 Å². The van der Waals surface area contributed by atoms with Crippen molar-refractivity contribution in [3.8, 4) is 0 Å². The highest BCUT2D eigenvalue weighted by Gasteiger charge is 2.10. The number of rotatable bonds is 3. The summed E-state index contributed by atoms with van der Waals surface area (Å²) in [5.41, 5.74) is 0. The van der Waals surface area contributed by atoms with Crippen LogP contribution in [0.25, 0.3) is 0 Å². The van der Waals surface area contributed by atoms with Gasteiger partial charge in [0.05, 0.1) is 6.61 Å². The van der Waals surface area contributed by atoms with Gasteiger partial charge in [0.15, 0.2) is 0 Å². The van der Waals surface area contributed by atoms with Gasteiger partial charge in [0.25, 0.3) is 0 Å². The molecule has 0 aliphatic carbocycles. The van der Waals surface area contributed by atoms with Crippen LogP contribution in [0.4, 0.5) is 0 Å². The highest BCUT2D eigenvalue weighted by atomic mass is 16.5. The largest absolute Gasteiger partial charge is 0.495 e. The molecule has 1 radical (unpaired) electrons. The molecule has 0 aromatic heterocycles. The zero-order chi connectivity index (χ0) is 8.10. The Labute approximate surface area is 67.9 Å². The van der Waals surface area contributed by atoms with Crippen LogP contribution in [-0.2, 0) is 4.74 Å². The topological polar surface area (TPSA) is 21.3 Å². The first-order valence-corrected chi connectivity index (χ1v) is 3.94. The third kappa shape index (κ3) is 2.30. The Hall–Kier alpha value is -0.920. The summed E-state index contributed by atoms with van der Waals surface area (Å²) < 4.78 is 5.45. The molecule has 0 aromatic carbocycles. The van der Waals surface area contributed by atoms with Crippen LogP contribution in [0.15, 0.2) is 24.1 Å². The van der Waals surface area contributed by atoms with E-state index in [1.54, 1.807) is 0 Å². The number of ether oxygens (including phenoxy) is 1. The van der Waals surface area contributed by atoms with Crippen molar-refractivity contribution in [1.82, 2.24) is 5.32 Å². The van der Waals surface area contributed by atoms with E-state index in [9.17, 15) is 0 Å². The zero-order valence-electron chi connectivity index (χ0n) is 7.05. The molecule has 0 fully saturated rings. The van der Waals surface area contributed by atoms with Crippen LogP contribution in [0.2, 0.25) is 0 Å². The van der Waals surface area contributed by atoms with Crippen LogP contribution in [0, 0.1) is 6.04 Å². The lowest BCUT2D eigenvalue weighted by Gasteiger charge is -2.18. The number of nitrogens with one attached hydrogen (secondary N) is 1. The summed E-state index contributed by atoms with van der Waals surface area (Å²) in [5, 5.41) is 3.08. The van der Waals surface area contributed by atoms with E-state index >= 15 is 0 Å². The molecule has 1 aliphatic heterocycles. The monoisotopic (exact) mass is 152 g/mol. The molecule has 2 heteroatoms. The van der Waals surface area contributed by atoms with Gasteiger partial charge in [-0.3, -0.25) is 0 Å². The lowest BCUT2D eigenvalue weighted by Crippen LogP contribution is -2.18. The fourth-order valence-electron chi connectivity index (χ4n) is 0.873. The first-order valence-electron chi connectivity index (χ1n) is 3.94. The van der Waals surface area contributed by atoms with E-state index in [1.165, 1.54) is 0 Å². The lowest BCUT2D eigenvalue weighted by atomic mass is 10.2. The van der Waals surface area contributed by atoms with E-state index in [1.807, 2.05) is 25.3 Å². The summed E-state index contributed by atoms with van der Waals surface area (Å²) in [6.45, 7) is 4.89. The molecule has 0 saturated carbocycles. The van der Waals surface area contributed by atoms with Gasteiger partial charge in [-0.25, -0.2) is 0 Å². The second-order valence-corrected chi connectivity index (χ2v) is 2.51. The Morgan fingerprint density at radius 3 is 3.00 bits per heavy atom. The van der Waals surface area contributed by atoms with Crippen LogP contribution in [0.1, 0.15) is 20.3 Å². The maximum Gasteiger partial charge on any atom is 0.124 e. The Morgan fingerprint density at radius 1 is 1.55 bits per heavy atom. The van der Waals surface area contributed by atoms with E-state index in [0.29, 0.717) is 0 Å². The van der Waals surface area contributed by atoms with Gasteiger partial charge < -0.3 is 10.1 Å². The fourth-order valence-corrected chi connectivity index (χ4v) is 0.873. The molecule has 0 amide bonds. The number of hydrogen-bond acceptors (Lipinski definition) is 2. The van der Waals surface area contributed by atoms with E-state index < -0.39 is 0 Å². The predicted octanol–water partition coefficient (Wildman–Crippen LogP) is 1.97. The first kappa shape index (κ1) is 8.18. The van der Waals surface area contributed by atoms with Crippen molar-refractivity contribution in [2.24, 2.45) is 0 Å². The number of hydrogen-bond donors (Lipinski definition) is 1. The molecular weight excluding hydrogens is 138 g/mol. The molecule has 11 heavy (non-hydrogen) atoms. The second kappa shape index (κ2) is 4.06. The van der Waals surface area contributed by atoms with Crippen LogP contribution >= 0.6 is 0 Å². The molecular formula is C9H14NO. The van der Waals surface area contributed by atoms with Crippen LogP contribution < -0.4 is 5.32 Å². The molecule has 1 N–H and O–H groups in total. The summed E-state index contributed by atoms with van der Waals surface area (Å²) in [6.07, 6.45) is 6.86. The van der Waals surface area contributed by atoms with Gasteiger partial charge in [0, 0.05) is 0 Å². The van der Waals surface area contributed by atoms with E-state index in [4.69, 9.17) is 4.74 Å². The van der Waals surface area contributed by atoms with E-state index in [0.717, 1.165) is 24.8 Å². The standard InChI is InChI=1S/C9H14NO/c1-3-7-11-9-5-4-6-10-8(9)2/h4-6,10H,3,7H2,1-2H3. The quantitative estimate of drug-likeness (QED) is 0.667. The molecule has 61 valence electrons. The molecule has 1 aliphatic rings. The molecule has 1 heterocycles. The second-order valence-electron chi connectivity index (χ2n) is 2.51. The minimum absolute atomic E-state index is 0.790. The van der Waals surface area contributed by atoms with Gasteiger partial charge in [-0.1, -0.05) is 6.92 Å². The summed E-state index contributed by atoms with van der Waals surface area (Å²) in [4.78, 5) is 0. The highest BCUT2D eigenvalue weighted by molar-refractivity contribution is 5.25. The number of dihydropyridines is 1. The van der Waals surface area contributed by atoms with Crippen LogP contribution in [0.5, 0.6) is 0 Å². The molecule has 0 spiro atoms. The Kier molecular flexibility index (Phi) is 3.02. The molecule has 0 aromatic rings. The third-order valence-electron chi connectivity index (χ3n) is 1.47. The average Bonchev–Trinajstić information content (AvgIpc) is 2.03. The van der Waals surface area contributed by atoms with Crippen molar-refractivity contribution >= 4 is 0 Å². The normalized spacial score (nSPS) is 17.5. The van der Waals surface area contributed by atoms with E-state index in [-0.39, 0.29) is 0 Å². The van der Waals surface area contributed by atoms with Gasteiger partial charge in [-0.15, -0.1) is 0 Å². The Morgan fingerprint density at radius 2 is 2.36 bits per heavy atom. The van der Waals surface area contributed by atoms with Crippen LogP contribution in [-0.4, -0.2) is 6.61 Å². The minimum atomic E-state index is 0.790. The molecule has 0 saturated heterocycles. The zero-order valence-corrected chi connectivity index (χ0v) is 7.05. The summed E-state index contributed by atoms with van der Waals surface area (Å²) in [7, 11) is 0. The maximum absolute atomic E-state index is 5.45. The summed E-state index contributed by atoms with van der Waals surface area (Å²) in [6, 6.07) is 1.08. The van der Waals surface area contributed by atoms with Crippen molar-refractivity contribution in [3.63, 3.8) is 0 Å². The SMILES string of the molecule is CCCOC1=CC=CN[C]1C. The van der Waals surface area contributed by atoms with Crippen LogP contribution in [0.3, 0.4) is 0 Å². The number of allylic oxidation sites excluding steroid dienone is 2. The maximum atomic E-state index is 5.45. The molecule has 0 bridgehead atoms. The molecule has 2 nitrogen and oxygen atoms in total. The van der Waals surface area contributed by atoms with Gasteiger partial charge in [-0.05, 0) is 31.7 Å². The van der Waals surface area contributed by atoms with E-state index in [2.05, 4.69) is 12.2 Å². The van der Waals surface area contributed by atoms with Gasteiger partial charge >= 0.3 is 0 Å². The van der Waals surface area contributed by atoms with Gasteiger partial charge in [0.2, 0.25) is 0 Å². The summed E-state index contributed by atoms with van der Waals surface area (Å²) >= 11 is 0. The highest BCUT2D eigenvalue weighted by Crippen LogP contribution is 2.14. The molecule has 0 unspecified atom stereocenters. The predicted molar refractivity (Wildman–Crippen MR) is 45.5 cm³/mol. The fraction of sp³-hybridized carbons (Fsp3) is 0.444. The van der Waals surface area contributed by atoms with Crippen molar-refractivity contribution < 1.29 is 4.74 Å². The van der Waals surface area contributed by atoms with Crippen molar-refractivity contribution in [2.45, 2.75) is 20.3 Å². The lowest BCUT2D eigenvalue weighted by molar-refractivity contribution is 0.207. The Bertz CT molecular complexity index is 172. The van der Waals surface area contributed by atoms with Crippen molar-refractivity contribution in [1.29, 1.82) is 0 Å². The molecule has 0 atom stereocenters. The van der Waals surface area contributed by atoms with Gasteiger partial charge in [-0.2, -0.15) is 0 Å². The molecule has 1 rings (SSSR count). The van der Waals surface area contributed by atoms with Crippen molar-refractivity contribution in [2.75, 3.05) is 6.61 Å². The first-order chi connectivity index (χ1) is 5.34. The average molecular weight is 152 g/mol. The smallest absolute Gasteiger partial charge is 0.124 e. The minimum Gasteiger partial charge on any atom is -0.495 e. The Balaban J connectivity index is 2.40. The van der Waals surface area contributed by atoms with Crippen molar-refractivity contribution in [3.05, 3.63) is 30.2 Å². The third-order valence-corrected chi connectivity index (χ3v) is 1.47.